The minimum absolute atomic E-state index is 0.0818. The zero-order valence-electron chi connectivity index (χ0n) is 33.0. The lowest BCUT2D eigenvalue weighted by molar-refractivity contribution is -0.143. The van der Waals surface area contributed by atoms with Crippen molar-refractivity contribution in [3.8, 4) is 34.4 Å². The topological polar surface area (TPSA) is 128 Å². The number of rotatable bonds is 15. The van der Waals surface area contributed by atoms with Gasteiger partial charge in [0.1, 0.15) is 36.5 Å². The van der Waals surface area contributed by atoms with Gasteiger partial charge >= 0.3 is 5.97 Å². The predicted molar refractivity (Wildman–Crippen MR) is 220 cm³/mol. The Hall–Kier alpha value is -4.66. The van der Waals surface area contributed by atoms with Crippen molar-refractivity contribution >= 4 is 17.6 Å². The van der Waals surface area contributed by atoms with Crippen molar-refractivity contribution < 1.29 is 29.2 Å². The summed E-state index contributed by atoms with van der Waals surface area (Å²) < 4.78 is 19.1. The molecule has 11 heteroatoms. The number of hydrogen-bond donors (Lipinski definition) is 2. The maximum atomic E-state index is 11.5. The molecule has 300 valence electrons. The van der Waals surface area contributed by atoms with E-state index in [9.17, 15) is 20.3 Å². The first-order valence-corrected chi connectivity index (χ1v) is 20.6. The van der Waals surface area contributed by atoms with E-state index < -0.39 is 5.97 Å². The van der Waals surface area contributed by atoms with Crippen LogP contribution in [0, 0.1) is 36.5 Å². The lowest BCUT2D eigenvalue weighted by Gasteiger charge is -2.50. The lowest BCUT2D eigenvalue weighted by atomic mass is 9.61. The molecule has 3 heterocycles. The highest BCUT2D eigenvalue weighted by atomic mass is 35.5. The van der Waals surface area contributed by atoms with Crippen molar-refractivity contribution in [1.29, 1.82) is 5.26 Å². The van der Waals surface area contributed by atoms with Crippen molar-refractivity contribution in [2.75, 3.05) is 39.3 Å². The molecule has 3 aromatic carbocycles. The van der Waals surface area contributed by atoms with E-state index in [1.165, 1.54) is 19.0 Å². The van der Waals surface area contributed by atoms with Gasteiger partial charge in [0.05, 0.1) is 29.2 Å². The van der Waals surface area contributed by atoms with Crippen molar-refractivity contribution in [2.45, 2.75) is 84.7 Å². The van der Waals surface area contributed by atoms with Crippen LogP contribution in [0.1, 0.15) is 78.3 Å². The molecule has 0 atom stereocenters. The fraction of sp³-hybridized carbons (Fsp3) is 0.457. The Balaban J connectivity index is 1.00. The molecule has 0 amide bonds. The van der Waals surface area contributed by atoms with Crippen LogP contribution in [0.2, 0.25) is 5.02 Å². The average Bonchev–Trinajstić information content (AvgIpc) is 3.20. The van der Waals surface area contributed by atoms with Crippen molar-refractivity contribution in [3.05, 3.63) is 105 Å². The van der Waals surface area contributed by atoms with Gasteiger partial charge in [0.25, 0.3) is 0 Å². The summed E-state index contributed by atoms with van der Waals surface area (Å²) in [6.45, 7) is 10.5. The number of carbonyl (C=O) groups is 1. The Morgan fingerprint density at radius 2 is 1.60 bits per heavy atom. The number of carboxylic acids is 1. The number of nitriles is 1. The van der Waals surface area contributed by atoms with Crippen LogP contribution in [-0.2, 0) is 24.6 Å². The average molecular weight is 793 g/mol. The summed E-state index contributed by atoms with van der Waals surface area (Å²) in [4.78, 5) is 20.5. The summed E-state index contributed by atoms with van der Waals surface area (Å²) in [5, 5.41) is 29.1. The van der Waals surface area contributed by atoms with Gasteiger partial charge in [-0.15, -0.1) is 0 Å². The number of halogens is 1. The second kappa shape index (κ2) is 18.3. The minimum atomic E-state index is -0.741. The molecule has 10 nitrogen and oxygen atoms in total. The molecule has 1 spiro atoms. The highest BCUT2D eigenvalue weighted by molar-refractivity contribution is 6.32. The van der Waals surface area contributed by atoms with Crippen LogP contribution in [0.15, 0.2) is 67.0 Å². The van der Waals surface area contributed by atoms with E-state index in [1.54, 1.807) is 12.3 Å². The number of carboxylic acid groups (broad SMARTS) is 1. The third-order valence-electron chi connectivity index (χ3n) is 12.3. The van der Waals surface area contributed by atoms with E-state index in [2.05, 4.69) is 65.0 Å². The quantitative estimate of drug-likeness (QED) is 0.113. The van der Waals surface area contributed by atoms with Gasteiger partial charge in [-0.25, -0.2) is 0 Å². The summed E-state index contributed by atoms with van der Waals surface area (Å²) in [5.41, 5.74) is 7.97. The zero-order chi connectivity index (χ0) is 39.9. The predicted octanol–water partition coefficient (Wildman–Crippen LogP) is 8.35. The van der Waals surface area contributed by atoms with Crippen LogP contribution in [0.4, 0.5) is 0 Å². The fourth-order valence-corrected chi connectivity index (χ4v) is 8.97. The maximum absolute atomic E-state index is 11.5. The second-order valence-electron chi connectivity index (χ2n) is 16.2. The van der Waals surface area contributed by atoms with Crippen molar-refractivity contribution in [2.24, 2.45) is 11.3 Å². The number of likely N-dealkylation sites (tertiary alicyclic amines) is 2. The highest BCUT2D eigenvalue weighted by Crippen LogP contribution is 2.49. The Bertz CT molecular complexity index is 2080. The molecule has 0 radical (unpaired) electrons. The molecule has 2 saturated heterocycles. The number of pyridine rings is 1. The van der Waals surface area contributed by atoms with E-state index in [4.69, 9.17) is 25.8 Å². The maximum Gasteiger partial charge on any atom is 0.306 e. The summed E-state index contributed by atoms with van der Waals surface area (Å²) in [7, 11) is 0. The van der Waals surface area contributed by atoms with Crippen molar-refractivity contribution in [1.82, 2.24) is 14.8 Å². The van der Waals surface area contributed by atoms with Gasteiger partial charge in [0, 0.05) is 42.7 Å². The van der Waals surface area contributed by atoms with E-state index in [1.807, 2.05) is 18.2 Å². The van der Waals surface area contributed by atoms with Crippen LogP contribution >= 0.6 is 11.6 Å². The second-order valence-corrected chi connectivity index (χ2v) is 16.6. The Labute approximate surface area is 341 Å². The SMILES string of the molecule is Cc1c(COc2cc(OCc3cncc(C#N)c3)c(CN3CCC(C(=O)O)CC3)cc2Cl)cccc1-c1cccc(OCCCN2CCC3(CC2)CC(O)C3)c1C. The van der Waals surface area contributed by atoms with Gasteiger partial charge < -0.3 is 29.3 Å². The molecule has 1 aromatic heterocycles. The first-order valence-electron chi connectivity index (χ1n) is 20.2. The Kier molecular flexibility index (Phi) is 13.0. The molecule has 1 saturated carbocycles. The molecule has 3 aliphatic rings. The normalized spacial score (nSPS) is 17.5. The Morgan fingerprint density at radius 3 is 2.32 bits per heavy atom. The molecule has 57 heavy (non-hydrogen) atoms. The molecule has 3 fully saturated rings. The number of nitrogens with zero attached hydrogens (tertiary/aromatic N) is 4. The number of aliphatic hydroxyl groups excluding tert-OH is 1. The van der Waals surface area contributed by atoms with E-state index in [0.717, 1.165) is 83.6 Å². The number of aromatic nitrogens is 1. The number of piperidine rings is 2. The largest absolute Gasteiger partial charge is 0.493 e. The molecule has 4 aromatic rings. The molecular weight excluding hydrogens is 740 g/mol. The lowest BCUT2D eigenvalue weighted by Crippen LogP contribution is -2.49. The zero-order valence-corrected chi connectivity index (χ0v) is 33.8. The van der Waals surface area contributed by atoms with E-state index in [0.29, 0.717) is 73.2 Å². The van der Waals surface area contributed by atoms with Gasteiger partial charge in [-0.1, -0.05) is 41.9 Å². The number of hydrogen-bond acceptors (Lipinski definition) is 9. The molecule has 1 aliphatic carbocycles. The van der Waals surface area contributed by atoms with Gasteiger partial charge in [0.15, 0.2) is 0 Å². The molecule has 0 unspecified atom stereocenters. The summed E-state index contributed by atoms with van der Waals surface area (Å²) in [6, 6.07) is 20.1. The van der Waals surface area contributed by atoms with Crippen LogP contribution < -0.4 is 14.2 Å². The standard InChI is InChI=1S/C46H53ClN4O6/c1-31-36(6-3-7-39(31)40-8-4-9-42(32(40)2)55-19-5-14-50-17-12-46(13-18-50)23-38(52)24-46)30-57-44-22-43(56-29-34-20-33(25-48)26-49-27-34)37(21-41(44)47)28-51-15-10-35(11-16-51)45(53)54/h3-4,6-9,20-22,26-27,35,38,52H,5,10-19,23-24,28-30H2,1-2H3,(H,53,54). The molecule has 0 bridgehead atoms. The van der Waals surface area contributed by atoms with E-state index >= 15 is 0 Å². The molecule has 2 aliphatic heterocycles. The van der Waals surface area contributed by atoms with Crippen LogP contribution in [0.5, 0.6) is 17.2 Å². The first kappa shape index (κ1) is 40.5. The number of aliphatic hydroxyl groups is 1. The van der Waals surface area contributed by atoms with Crippen molar-refractivity contribution in [3.63, 3.8) is 0 Å². The summed E-state index contributed by atoms with van der Waals surface area (Å²) >= 11 is 6.88. The van der Waals surface area contributed by atoms with Crippen LogP contribution in [0.25, 0.3) is 11.1 Å². The van der Waals surface area contributed by atoms with E-state index in [-0.39, 0.29) is 18.6 Å². The van der Waals surface area contributed by atoms with Gasteiger partial charge in [-0.2, -0.15) is 5.26 Å². The first-order chi connectivity index (χ1) is 27.6. The number of aliphatic carboxylic acids is 1. The number of ether oxygens (including phenoxy) is 3. The Morgan fingerprint density at radius 1 is 0.877 bits per heavy atom. The monoisotopic (exact) mass is 792 g/mol. The van der Waals surface area contributed by atoms with Crippen LogP contribution in [-0.4, -0.2) is 76.4 Å². The number of benzene rings is 3. The van der Waals surface area contributed by atoms with Gasteiger partial charge in [-0.3, -0.25) is 14.7 Å². The van der Waals surface area contributed by atoms with Gasteiger partial charge in [-0.05, 0) is 136 Å². The summed E-state index contributed by atoms with van der Waals surface area (Å²) in [5.74, 6) is 0.932. The summed E-state index contributed by atoms with van der Waals surface area (Å²) in [6.07, 6.45) is 9.62. The highest BCUT2D eigenvalue weighted by Gasteiger charge is 2.44. The van der Waals surface area contributed by atoms with Crippen LogP contribution in [0.3, 0.4) is 0 Å². The minimum Gasteiger partial charge on any atom is -0.493 e. The smallest absolute Gasteiger partial charge is 0.306 e. The molecule has 7 rings (SSSR count). The third-order valence-corrected chi connectivity index (χ3v) is 12.6. The molecule has 2 N–H and O–H groups in total. The van der Waals surface area contributed by atoms with Gasteiger partial charge in [0.2, 0.25) is 0 Å². The molecular formula is C46H53ClN4O6. The fourth-order valence-electron chi connectivity index (χ4n) is 8.73. The third kappa shape index (κ3) is 9.90.